The average Bonchev–Trinajstić information content (AvgIpc) is 3.43. The van der Waals surface area contributed by atoms with Gasteiger partial charge in [-0.3, -0.25) is 9.59 Å². The van der Waals surface area contributed by atoms with Crippen LogP contribution in [0.15, 0.2) is 71.3 Å². The number of nitrogens with zero attached hydrogens (tertiary/aromatic N) is 2. The molecule has 0 saturated carbocycles. The molecule has 1 unspecified atom stereocenters. The van der Waals surface area contributed by atoms with Gasteiger partial charge in [-0.15, -0.1) is 12.4 Å². The Balaban J connectivity index is 0.00000441. The van der Waals surface area contributed by atoms with Gasteiger partial charge in [-0.2, -0.15) is 5.26 Å². The van der Waals surface area contributed by atoms with Crippen molar-refractivity contribution >= 4 is 35.7 Å². The first-order chi connectivity index (χ1) is 18.7. The molecule has 1 atom stereocenters. The zero-order valence-electron chi connectivity index (χ0n) is 21.6. The monoisotopic (exact) mass is 563 g/mol. The molecule has 2 amide bonds. The lowest BCUT2D eigenvalue weighted by Crippen LogP contribution is -2.31. The maximum atomic E-state index is 13.7. The van der Waals surface area contributed by atoms with Crippen LogP contribution in [0.2, 0.25) is 0 Å². The number of hydrogen-bond donors (Lipinski definition) is 4. The predicted molar refractivity (Wildman–Crippen MR) is 151 cm³/mol. The summed E-state index contributed by atoms with van der Waals surface area (Å²) < 4.78 is 18.8. The van der Waals surface area contributed by atoms with Crippen LogP contribution in [0.4, 0.5) is 15.9 Å². The third-order valence-corrected chi connectivity index (χ3v) is 6.08. The molecule has 0 bridgehead atoms. The highest BCUT2D eigenvalue weighted by Crippen LogP contribution is 2.36. The van der Waals surface area contributed by atoms with Crippen molar-refractivity contribution in [2.75, 3.05) is 10.6 Å². The fourth-order valence-electron chi connectivity index (χ4n) is 3.84. The molecule has 0 aliphatic carbocycles. The van der Waals surface area contributed by atoms with E-state index in [9.17, 15) is 24.3 Å². The minimum absolute atomic E-state index is 0. The van der Waals surface area contributed by atoms with E-state index in [-0.39, 0.29) is 70.8 Å². The second-order valence-corrected chi connectivity index (χ2v) is 9.22. The summed E-state index contributed by atoms with van der Waals surface area (Å²) in [6.45, 7) is 3.87. The lowest BCUT2D eigenvalue weighted by atomic mass is 9.97. The number of anilines is 2. The first-order valence-electron chi connectivity index (χ1n) is 12.1. The number of carbonyl (C=O) groups excluding carboxylic acids is 2. The van der Waals surface area contributed by atoms with Crippen molar-refractivity contribution in [3.8, 4) is 34.2 Å². The molecule has 0 radical (unpaired) electrons. The van der Waals surface area contributed by atoms with Gasteiger partial charge in [0.15, 0.2) is 11.6 Å². The normalized spacial score (nSPS) is 11.3. The Bertz CT molecular complexity index is 1570. The molecule has 4 aromatic rings. The smallest absolute Gasteiger partial charge is 0.292 e. The Morgan fingerprint density at radius 1 is 1.10 bits per heavy atom. The number of pyridine rings is 1. The zero-order valence-corrected chi connectivity index (χ0v) is 22.5. The van der Waals surface area contributed by atoms with Crippen LogP contribution >= 0.6 is 12.4 Å². The molecule has 206 valence electrons. The number of nitrogens with two attached hydrogens (primary N) is 1. The van der Waals surface area contributed by atoms with Crippen molar-refractivity contribution in [1.29, 1.82) is 5.26 Å². The molecule has 9 nitrogen and oxygen atoms in total. The minimum atomic E-state index is -0.642. The number of rotatable bonds is 8. The van der Waals surface area contributed by atoms with Crippen molar-refractivity contribution in [3.63, 3.8) is 0 Å². The molecule has 2 aromatic carbocycles. The quantitative estimate of drug-likeness (QED) is 0.214. The lowest BCUT2D eigenvalue weighted by molar-refractivity contribution is -0.116. The Hall–Kier alpha value is -4.72. The first kappa shape index (κ1) is 29.8. The summed E-state index contributed by atoms with van der Waals surface area (Å²) >= 11 is 0. The van der Waals surface area contributed by atoms with Gasteiger partial charge in [-0.05, 0) is 53.9 Å². The number of aromatic nitrogens is 1. The Morgan fingerprint density at radius 3 is 2.52 bits per heavy atom. The van der Waals surface area contributed by atoms with Gasteiger partial charge in [0, 0.05) is 35.3 Å². The van der Waals surface area contributed by atoms with Crippen molar-refractivity contribution < 1.29 is 23.5 Å². The number of phenols is 1. The van der Waals surface area contributed by atoms with Gasteiger partial charge >= 0.3 is 0 Å². The molecule has 2 aromatic heterocycles. The van der Waals surface area contributed by atoms with E-state index < -0.39 is 11.7 Å². The molecule has 40 heavy (non-hydrogen) atoms. The fourth-order valence-corrected chi connectivity index (χ4v) is 3.84. The summed E-state index contributed by atoms with van der Waals surface area (Å²) in [5.41, 5.74) is 7.77. The molecule has 4 rings (SSSR count). The number of nitrogens with one attached hydrogen (secondary N) is 2. The highest BCUT2D eigenvalue weighted by atomic mass is 35.5. The number of hydrogen-bond acceptors (Lipinski definition) is 7. The molecule has 2 heterocycles. The molecule has 0 spiro atoms. The van der Waals surface area contributed by atoms with Crippen molar-refractivity contribution in [1.82, 2.24) is 4.98 Å². The molecule has 0 aliphatic heterocycles. The number of phenolic OH excluding ortho intramolecular Hbond substituents is 1. The summed E-state index contributed by atoms with van der Waals surface area (Å²) in [6, 6.07) is 16.5. The van der Waals surface area contributed by atoms with Crippen LogP contribution in [0, 0.1) is 23.1 Å². The summed E-state index contributed by atoms with van der Waals surface area (Å²) in [4.78, 5) is 29.7. The first-order valence-corrected chi connectivity index (χ1v) is 12.1. The van der Waals surface area contributed by atoms with Gasteiger partial charge in [0.05, 0.1) is 12.0 Å². The van der Waals surface area contributed by atoms with Gasteiger partial charge < -0.3 is 25.9 Å². The summed E-state index contributed by atoms with van der Waals surface area (Å²) in [5.74, 6) is -1.87. The number of halogens is 2. The maximum absolute atomic E-state index is 13.7. The average molecular weight is 564 g/mol. The van der Waals surface area contributed by atoms with Gasteiger partial charge in [-0.25, -0.2) is 9.37 Å². The van der Waals surface area contributed by atoms with E-state index in [1.807, 2.05) is 13.8 Å². The SMILES string of the molecule is CC(C)C(N)CC(=O)Nc1cccc(-c2cc(-c3ccc(F)cc3O)nc(NC(=O)c3ccco3)c2C#N)c1.Cl. The number of amides is 2. The van der Waals surface area contributed by atoms with E-state index in [1.165, 1.54) is 18.4 Å². The lowest BCUT2D eigenvalue weighted by Gasteiger charge is -2.16. The van der Waals surface area contributed by atoms with Crippen LogP contribution in [-0.2, 0) is 4.79 Å². The third-order valence-electron chi connectivity index (χ3n) is 6.08. The number of carbonyl (C=O) groups is 2. The van der Waals surface area contributed by atoms with E-state index in [4.69, 9.17) is 10.2 Å². The fraction of sp³-hybridized carbons (Fsp3) is 0.172. The van der Waals surface area contributed by atoms with Gasteiger partial charge in [-0.1, -0.05) is 26.0 Å². The van der Waals surface area contributed by atoms with Crippen LogP contribution in [0.3, 0.4) is 0 Å². The molecule has 11 heteroatoms. The molecular formula is C29H27ClFN5O4. The van der Waals surface area contributed by atoms with Crippen LogP contribution < -0.4 is 16.4 Å². The van der Waals surface area contributed by atoms with Crippen LogP contribution in [0.1, 0.15) is 36.4 Å². The van der Waals surface area contributed by atoms with E-state index in [2.05, 4.69) is 21.7 Å². The van der Waals surface area contributed by atoms with Crippen molar-refractivity contribution in [2.24, 2.45) is 11.7 Å². The second-order valence-electron chi connectivity index (χ2n) is 9.22. The predicted octanol–water partition coefficient (Wildman–Crippen LogP) is 5.71. The summed E-state index contributed by atoms with van der Waals surface area (Å²) in [6.07, 6.45) is 1.47. The van der Waals surface area contributed by atoms with E-state index in [1.54, 1.807) is 36.4 Å². The van der Waals surface area contributed by atoms with Crippen LogP contribution in [0.25, 0.3) is 22.4 Å². The molecule has 5 N–H and O–H groups in total. The highest BCUT2D eigenvalue weighted by Gasteiger charge is 2.21. The number of aromatic hydroxyl groups is 1. The van der Waals surface area contributed by atoms with Crippen molar-refractivity contribution in [3.05, 3.63) is 84.1 Å². The molecule has 0 saturated heterocycles. The largest absolute Gasteiger partial charge is 0.507 e. The minimum Gasteiger partial charge on any atom is -0.507 e. The molecule has 0 aliphatic rings. The van der Waals surface area contributed by atoms with Gasteiger partial charge in [0.2, 0.25) is 5.91 Å². The summed E-state index contributed by atoms with van der Waals surface area (Å²) in [5, 5.41) is 25.9. The molecular weight excluding hydrogens is 537 g/mol. The van der Waals surface area contributed by atoms with E-state index in [0.717, 1.165) is 12.1 Å². The molecule has 0 fully saturated rings. The Kier molecular flexibility index (Phi) is 9.61. The number of benzene rings is 2. The maximum Gasteiger partial charge on any atom is 0.292 e. The Labute approximate surface area is 236 Å². The summed E-state index contributed by atoms with van der Waals surface area (Å²) in [7, 11) is 0. The zero-order chi connectivity index (χ0) is 28.1. The second kappa shape index (κ2) is 12.9. The standard InChI is InChI=1S/C29H26FN5O4.ClH/c1-16(2)23(32)14-27(37)33-19-6-3-5-17(11-19)21-13-24(20-9-8-18(30)12-25(20)36)34-28(22(21)15-31)35-29(38)26-7-4-10-39-26;/h3-13,16,23,36H,14,32H2,1-2H3,(H,33,37)(H,34,35,38);1H. The van der Waals surface area contributed by atoms with Gasteiger partial charge in [0.25, 0.3) is 5.91 Å². The van der Waals surface area contributed by atoms with E-state index in [0.29, 0.717) is 16.8 Å². The van der Waals surface area contributed by atoms with Crippen LogP contribution in [0.5, 0.6) is 5.75 Å². The van der Waals surface area contributed by atoms with Gasteiger partial charge in [0.1, 0.15) is 23.2 Å². The number of nitriles is 1. The van der Waals surface area contributed by atoms with E-state index >= 15 is 0 Å². The third kappa shape index (κ3) is 6.83. The van der Waals surface area contributed by atoms with Crippen molar-refractivity contribution in [2.45, 2.75) is 26.3 Å². The topological polar surface area (TPSA) is 154 Å². The van der Waals surface area contributed by atoms with Crippen LogP contribution in [-0.4, -0.2) is 27.9 Å². The number of furan rings is 1. The highest BCUT2D eigenvalue weighted by molar-refractivity contribution is 6.03. The Morgan fingerprint density at radius 2 is 1.88 bits per heavy atom.